The molecular weight excluding hydrogens is 348 g/mol. The molecule has 0 aliphatic heterocycles. The lowest BCUT2D eigenvalue weighted by molar-refractivity contribution is 1.05. The molecule has 1 aromatic carbocycles. The van der Waals surface area contributed by atoms with Gasteiger partial charge in [0.1, 0.15) is 10.3 Å². The molecule has 0 aliphatic carbocycles. The zero-order valence-corrected chi connectivity index (χ0v) is 12.5. The zero-order chi connectivity index (χ0) is 12.6. The number of nitrogens with one attached hydrogen (secondary N) is 1. The number of aromatic amines is 1. The number of benzene rings is 1. The third kappa shape index (κ3) is 2.50. The summed E-state index contributed by atoms with van der Waals surface area (Å²) in [6.07, 6.45) is 0. The summed E-state index contributed by atoms with van der Waals surface area (Å²) in [5.74, 6) is 0.589. The quantitative estimate of drug-likeness (QED) is 0.847. The molecule has 0 radical (unpaired) electrons. The average molecular weight is 358 g/mol. The van der Waals surface area contributed by atoms with Gasteiger partial charge in [0.25, 0.3) is 5.56 Å². The second-order valence-electron chi connectivity index (χ2n) is 3.78. The van der Waals surface area contributed by atoms with E-state index in [0.29, 0.717) is 16.0 Å². The van der Waals surface area contributed by atoms with Gasteiger partial charge in [-0.2, -0.15) is 0 Å². The van der Waals surface area contributed by atoms with E-state index in [1.165, 1.54) is 0 Å². The molecule has 2 rings (SSSR count). The van der Waals surface area contributed by atoms with E-state index < -0.39 is 0 Å². The Balaban J connectivity index is 2.61. The van der Waals surface area contributed by atoms with Crippen molar-refractivity contribution in [3.05, 3.63) is 48.8 Å². The van der Waals surface area contributed by atoms with Gasteiger partial charge in [-0.1, -0.05) is 22.0 Å². The van der Waals surface area contributed by atoms with Gasteiger partial charge in [0.05, 0.1) is 5.69 Å². The molecule has 1 aromatic heterocycles. The highest BCUT2D eigenvalue weighted by Gasteiger charge is 2.07. The summed E-state index contributed by atoms with van der Waals surface area (Å²) in [6.45, 7) is 3.80. The summed E-state index contributed by atoms with van der Waals surface area (Å²) < 4.78 is 1.52. The second kappa shape index (κ2) is 4.74. The molecule has 3 nitrogen and oxygen atoms in total. The molecule has 1 N–H and O–H groups in total. The van der Waals surface area contributed by atoms with Crippen molar-refractivity contribution in [2.45, 2.75) is 13.8 Å². The number of aryl methyl sites for hydroxylation is 2. The Morgan fingerprint density at radius 3 is 2.53 bits per heavy atom. The van der Waals surface area contributed by atoms with Crippen molar-refractivity contribution in [3.8, 4) is 11.4 Å². The van der Waals surface area contributed by atoms with Gasteiger partial charge in [-0.25, -0.2) is 4.98 Å². The Morgan fingerprint density at radius 1 is 1.24 bits per heavy atom. The molecule has 0 aliphatic rings. The van der Waals surface area contributed by atoms with Gasteiger partial charge in [0.15, 0.2) is 0 Å². The topological polar surface area (TPSA) is 45.8 Å². The lowest BCUT2D eigenvalue weighted by Crippen LogP contribution is -2.11. The molecule has 0 bridgehead atoms. The van der Waals surface area contributed by atoms with E-state index in [4.69, 9.17) is 0 Å². The first-order chi connectivity index (χ1) is 7.99. The van der Waals surface area contributed by atoms with Crippen LogP contribution in [0.3, 0.4) is 0 Å². The number of aromatic nitrogens is 2. The van der Waals surface area contributed by atoms with E-state index in [0.717, 1.165) is 15.6 Å². The van der Waals surface area contributed by atoms with E-state index in [1.54, 1.807) is 6.92 Å². The summed E-state index contributed by atoms with van der Waals surface area (Å²) >= 11 is 6.64. The summed E-state index contributed by atoms with van der Waals surface area (Å²) in [4.78, 5) is 18.7. The maximum absolute atomic E-state index is 11.6. The van der Waals surface area contributed by atoms with Crippen molar-refractivity contribution in [2.75, 3.05) is 0 Å². The number of H-pyrrole nitrogens is 1. The Labute approximate surface area is 116 Å². The summed E-state index contributed by atoms with van der Waals surface area (Å²) in [5, 5.41) is 0. The Kier molecular flexibility index (Phi) is 3.49. The van der Waals surface area contributed by atoms with Crippen LogP contribution in [-0.2, 0) is 0 Å². The number of rotatable bonds is 1. The fraction of sp³-hybridized carbons (Fsp3) is 0.167. The molecule has 5 heteroatoms. The molecule has 0 amide bonds. The fourth-order valence-corrected chi connectivity index (χ4v) is 1.93. The molecule has 17 heavy (non-hydrogen) atoms. The van der Waals surface area contributed by atoms with E-state index in [1.807, 2.05) is 25.1 Å². The van der Waals surface area contributed by atoms with Crippen LogP contribution in [0.4, 0.5) is 0 Å². The monoisotopic (exact) mass is 356 g/mol. The van der Waals surface area contributed by atoms with Gasteiger partial charge >= 0.3 is 0 Å². The Bertz CT molecular complexity index is 635. The Morgan fingerprint density at radius 2 is 1.94 bits per heavy atom. The number of halogens is 2. The summed E-state index contributed by atoms with van der Waals surface area (Å²) in [7, 11) is 0. The molecule has 0 spiro atoms. The average Bonchev–Trinajstić information content (AvgIpc) is 2.29. The van der Waals surface area contributed by atoms with Gasteiger partial charge in [-0.3, -0.25) is 4.79 Å². The van der Waals surface area contributed by atoms with Crippen molar-refractivity contribution < 1.29 is 0 Å². The van der Waals surface area contributed by atoms with E-state index in [-0.39, 0.29) is 5.56 Å². The maximum Gasteiger partial charge on any atom is 0.265 e. The molecule has 0 fully saturated rings. The maximum atomic E-state index is 11.6. The lowest BCUT2D eigenvalue weighted by atomic mass is 10.1. The van der Waals surface area contributed by atoms with Gasteiger partial charge in [0.2, 0.25) is 0 Å². The molecule has 0 saturated heterocycles. The molecule has 88 valence electrons. The third-order valence-electron chi connectivity index (χ3n) is 2.46. The third-order valence-corrected chi connectivity index (χ3v) is 4.28. The largest absolute Gasteiger partial charge is 0.306 e. The van der Waals surface area contributed by atoms with Crippen LogP contribution < -0.4 is 5.56 Å². The van der Waals surface area contributed by atoms with Gasteiger partial charge in [-0.05, 0) is 47.5 Å². The highest BCUT2D eigenvalue weighted by atomic mass is 79.9. The van der Waals surface area contributed by atoms with Gasteiger partial charge in [0, 0.05) is 10.0 Å². The van der Waals surface area contributed by atoms with Crippen LogP contribution in [0, 0.1) is 13.8 Å². The van der Waals surface area contributed by atoms with Crippen LogP contribution in [-0.4, -0.2) is 9.97 Å². The van der Waals surface area contributed by atoms with E-state index in [9.17, 15) is 4.79 Å². The normalized spacial score (nSPS) is 10.6. The van der Waals surface area contributed by atoms with E-state index >= 15 is 0 Å². The minimum atomic E-state index is -0.159. The van der Waals surface area contributed by atoms with Gasteiger partial charge in [-0.15, -0.1) is 0 Å². The first kappa shape index (κ1) is 12.5. The van der Waals surface area contributed by atoms with Crippen LogP contribution in [0.1, 0.15) is 11.3 Å². The first-order valence-electron chi connectivity index (χ1n) is 5.02. The minimum absolute atomic E-state index is 0.159. The predicted molar refractivity (Wildman–Crippen MR) is 75.2 cm³/mol. The smallest absolute Gasteiger partial charge is 0.265 e. The Hall–Kier alpha value is -0.940. The fourth-order valence-electron chi connectivity index (χ4n) is 1.50. The van der Waals surface area contributed by atoms with Crippen LogP contribution in [0.15, 0.2) is 31.9 Å². The van der Waals surface area contributed by atoms with Crippen LogP contribution >= 0.6 is 31.9 Å². The van der Waals surface area contributed by atoms with Gasteiger partial charge < -0.3 is 4.98 Å². The van der Waals surface area contributed by atoms with Crippen molar-refractivity contribution in [1.82, 2.24) is 9.97 Å². The summed E-state index contributed by atoms with van der Waals surface area (Å²) in [5.41, 5.74) is 2.53. The first-order valence-corrected chi connectivity index (χ1v) is 6.60. The van der Waals surface area contributed by atoms with E-state index in [2.05, 4.69) is 41.8 Å². The van der Waals surface area contributed by atoms with Crippen LogP contribution in [0.5, 0.6) is 0 Å². The predicted octanol–water partition coefficient (Wildman–Crippen LogP) is 3.58. The highest BCUT2D eigenvalue weighted by molar-refractivity contribution is 9.10. The standard InChI is InChI=1S/C12H10Br2N2O/c1-6-5-8(3-4-9(6)13)11-15-7(2)10(14)12(17)16-11/h3-5H,1-2H3,(H,15,16,17). The van der Waals surface area contributed by atoms with Crippen molar-refractivity contribution in [2.24, 2.45) is 0 Å². The van der Waals surface area contributed by atoms with Crippen molar-refractivity contribution in [1.29, 1.82) is 0 Å². The summed E-state index contributed by atoms with van der Waals surface area (Å²) in [6, 6.07) is 5.85. The SMILES string of the molecule is Cc1cc(-c2nc(C)c(Br)c(=O)[nH]2)ccc1Br. The zero-order valence-electron chi connectivity index (χ0n) is 9.34. The molecule has 0 atom stereocenters. The molecule has 0 saturated carbocycles. The lowest BCUT2D eigenvalue weighted by Gasteiger charge is -2.05. The second-order valence-corrected chi connectivity index (χ2v) is 5.43. The highest BCUT2D eigenvalue weighted by Crippen LogP contribution is 2.22. The molecule has 2 aromatic rings. The van der Waals surface area contributed by atoms with Crippen molar-refractivity contribution in [3.63, 3.8) is 0 Å². The number of nitrogens with zero attached hydrogens (tertiary/aromatic N) is 1. The minimum Gasteiger partial charge on any atom is -0.306 e. The molecule has 1 heterocycles. The number of hydrogen-bond acceptors (Lipinski definition) is 2. The van der Waals surface area contributed by atoms with Crippen LogP contribution in [0.25, 0.3) is 11.4 Å². The molecular formula is C12H10Br2N2O. The number of hydrogen-bond donors (Lipinski definition) is 1. The van der Waals surface area contributed by atoms with Crippen LogP contribution in [0.2, 0.25) is 0 Å². The van der Waals surface area contributed by atoms with Crippen molar-refractivity contribution >= 4 is 31.9 Å². The molecule has 0 unspecified atom stereocenters.